The SMILES string of the molecule is C=CC[C@@H](O)[C@H](C)C(C)=O. The van der Waals surface area contributed by atoms with Gasteiger partial charge in [-0.15, -0.1) is 6.58 Å². The van der Waals surface area contributed by atoms with E-state index in [1.807, 2.05) is 0 Å². The molecule has 0 aromatic rings. The third kappa shape index (κ3) is 2.78. The number of rotatable bonds is 4. The number of carbonyl (C=O) groups is 1. The molecule has 0 radical (unpaired) electrons. The molecule has 0 saturated heterocycles. The molecule has 0 aromatic heterocycles. The van der Waals surface area contributed by atoms with E-state index in [0.29, 0.717) is 6.42 Å². The van der Waals surface area contributed by atoms with Gasteiger partial charge in [-0.2, -0.15) is 0 Å². The van der Waals surface area contributed by atoms with Gasteiger partial charge in [0.15, 0.2) is 0 Å². The number of aliphatic hydroxyl groups is 1. The Labute approximate surface area is 61.6 Å². The Morgan fingerprint density at radius 3 is 2.60 bits per heavy atom. The van der Waals surface area contributed by atoms with Gasteiger partial charge in [-0.3, -0.25) is 4.79 Å². The lowest BCUT2D eigenvalue weighted by molar-refractivity contribution is -0.123. The van der Waals surface area contributed by atoms with Crippen LogP contribution >= 0.6 is 0 Å². The van der Waals surface area contributed by atoms with Gasteiger partial charge < -0.3 is 5.11 Å². The van der Waals surface area contributed by atoms with Gasteiger partial charge in [0.2, 0.25) is 0 Å². The lowest BCUT2D eigenvalue weighted by Crippen LogP contribution is -2.22. The molecule has 0 aliphatic rings. The van der Waals surface area contributed by atoms with Crippen molar-refractivity contribution in [2.24, 2.45) is 5.92 Å². The summed E-state index contributed by atoms with van der Waals surface area (Å²) in [6.07, 6.45) is 1.54. The fourth-order valence-electron chi connectivity index (χ4n) is 0.646. The van der Waals surface area contributed by atoms with Gasteiger partial charge in [0.25, 0.3) is 0 Å². The summed E-state index contributed by atoms with van der Waals surface area (Å²) in [4.78, 5) is 10.7. The predicted octanol–water partition coefficient (Wildman–Crippen LogP) is 1.15. The second-order valence-corrected chi connectivity index (χ2v) is 2.49. The van der Waals surface area contributed by atoms with Crippen molar-refractivity contribution in [2.45, 2.75) is 26.4 Å². The van der Waals surface area contributed by atoms with Crippen molar-refractivity contribution in [3.63, 3.8) is 0 Å². The summed E-state index contributed by atoms with van der Waals surface area (Å²) in [6, 6.07) is 0. The second kappa shape index (κ2) is 4.23. The Kier molecular flexibility index (Phi) is 3.96. The van der Waals surface area contributed by atoms with Gasteiger partial charge in [-0.05, 0) is 13.3 Å². The molecule has 0 aliphatic heterocycles. The molecule has 0 rings (SSSR count). The Morgan fingerprint density at radius 1 is 1.80 bits per heavy atom. The summed E-state index contributed by atoms with van der Waals surface area (Å²) in [6.45, 7) is 6.67. The van der Waals surface area contributed by atoms with Crippen molar-refractivity contribution in [3.8, 4) is 0 Å². The average molecular weight is 142 g/mol. The number of hydrogen-bond acceptors (Lipinski definition) is 2. The van der Waals surface area contributed by atoms with Crippen LogP contribution in [0.5, 0.6) is 0 Å². The Bertz CT molecular complexity index is 129. The van der Waals surface area contributed by atoms with Crippen molar-refractivity contribution in [1.82, 2.24) is 0 Å². The fraction of sp³-hybridized carbons (Fsp3) is 0.625. The molecule has 0 saturated carbocycles. The number of Topliss-reactive ketones (excluding diaryl/α,β-unsaturated/α-hetero) is 1. The number of aliphatic hydroxyl groups excluding tert-OH is 1. The van der Waals surface area contributed by atoms with Crippen molar-refractivity contribution < 1.29 is 9.90 Å². The summed E-state index contributed by atoms with van der Waals surface area (Å²) in [7, 11) is 0. The molecule has 2 heteroatoms. The third-order valence-corrected chi connectivity index (χ3v) is 1.63. The smallest absolute Gasteiger partial charge is 0.135 e. The highest BCUT2D eigenvalue weighted by molar-refractivity contribution is 5.78. The van der Waals surface area contributed by atoms with E-state index >= 15 is 0 Å². The van der Waals surface area contributed by atoms with Crippen LogP contribution in [-0.4, -0.2) is 17.0 Å². The van der Waals surface area contributed by atoms with Crippen molar-refractivity contribution >= 4 is 5.78 Å². The highest BCUT2D eigenvalue weighted by atomic mass is 16.3. The average Bonchev–Trinajstić information content (AvgIpc) is 1.87. The zero-order chi connectivity index (χ0) is 8.15. The third-order valence-electron chi connectivity index (χ3n) is 1.63. The van der Waals surface area contributed by atoms with E-state index in [2.05, 4.69) is 6.58 Å². The molecule has 1 N–H and O–H groups in total. The van der Waals surface area contributed by atoms with E-state index in [0.717, 1.165) is 0 Å². The first kappa shape index (κ1) is 9.37. The molecule has 0 heterocycles. The highest BCUT2D eigenvalue weighted by Gasteiger charge is 2.16. The first-order chi connectivity index (χ1) is 4.59. The maximum absolute atomic E-state index is 10.7. The molecule has 2 nitrogen and oxygen atoms in total. The molecular weight excluding hydrogens is 128 g/mol. The molecule has 58 valence electrons. The predicted molar refractivity (Wildman–Crippen MR) is 40.7 cm³/mol. The molecule has 0 unspecified atom stereocenters. The molecule has 0 aromatic carbocycles. The molecule has 0 bridgehead atoms. The maximum Gasteiger partial charge on any atom is 0.135 e. The minimum Gasteiger partial charge on any atom is -0.392 e. The highest BCUT2D eigenvalue weighted by Crippen LogP contribution is 2.07. The number of carbonyl (C=O) groups excluding carboxylic acids is 1. The lowest BCUT2D eigenvalue weighted by Gasteiger charge is -2.13. The van der Waals surface area contributed by atoms with Gasteiger partial charge in [0.05, 0.1) is 6.10 Å². The van der Waals surface area contributed by atoms with Crippen LogP contribution in [0.15, 0.2) is 12.7 Å². The molecule has 10 heavy (non-hydrogen) atoms. The van der Waals surface area contributed by atoms with Crippen molar-refractivity contribution in [2.75, 3.05) is 0 Å². The van der Waals surface area contributed by atoms with E-state index < -0.39 is 6.10 Å². The normalized spacial score (nSPS) is 15.9. The van der Waals surface area contributed by atoms with Crippen LogP contribution in [0.4, 0.5) is 0 Å². The van der Waals surface area contributed by atoms with Crippen LogP contribution in [0, 0.1) is 5.92 Å². The van der Waals surface area contributed by atoms with E-state index in [9.17, 15) is 9.90 Å². The van der Waals surface area contributed by atoms with Gasteiger partial charge in [0.1, 0.15) is 5.78 Å². The van der Waals surface area contributed by atoms with Crippen LogP contribution in [0.25, 0.3) is 0 Å². The quantitative estimate of drug-likeness (QED) is 0.598. The number of hydrogen-bond donors (Lipinski definition) is 1. The van der Waals surface area contributed by atoms with Gasteiger partial charge >= 0.3 is 0 Å². The first-order valence-electron chi connectivity index (χ1n) is 3.39. The molecule has 0 aliphatic carbocycles. The Hall–Kier alpha value is -0.630. The van der Waals surface area contributed by atoms with Gasteiger partial charge in [-0.25, -0.2) is 0 Å². The fourth-order valence-corrected chi connectivity index (χ4v) is 0.646. The van der Waals surface area contributed by atoms with E-state index in [-0.39, 0.29) is 11.7 Å². The summed E-state index contributed by atoms with van der Waals surface area (Å²) in [5.41, 5.74) is 0. The van der Waals surface area contributed by atoms with Crippen LogP contribution in [0.2, 0.25) is 0 Å². The van der Waals surface area contributed by atoms with Crippen LogP contribution in [0.1, 0.15) is 20.3 Å². The summed E-state index contributed by atoms with van der Waals surface area (Å²) >= 11 is 0. The molecule has 0 fully saturated rings. The second-order valence-electron chi connectivity index (χ2n) is 2.49. The Morgan fingerprint density at radius 2 is 2.30 bits per heavy atom. The minimum absolute atomic E-state index is 0.0225. The molecule has 0 spiro atoms. The first-order valence-corrected chi connectivity index (χ1v) is 3.39. The summed E-state index contributed by atoms with van der Waals surface area (Å²) in [5, 5.41) is 9.20. The van der Waals surface area contributed by atoms with E-state index in [4.69, 9.17) is 0 Å². The number of ketones is 1. The molecule has 0 amide bonds. The monoisotopic (exact) mass is 142 g/mol. The van der Waals surface area contributed by atoms with Crippen LogP contribution in [-0.2, 0) is 4.79 Å². The molecular formula is C8H14O2. The van der Waals surface area contributed by atoms with Crippen LogP contribution < -0.4 is 0 Å². The van der Waals surface area contributed by atoms with Gasteiger partial charge in [-0.1, -0.05) is 13.0 Å². The van der Waals surface area contributed by atoms with Crippen molar-refractivity contribution in [1.29, 1.82) is 0 Å². The maximum atomic E-state index is 10.7. The largest absolute Gasteiger partial charge is 0.392 e. The zero-order valence-electron chi connectivity index (χ0n) is 6.50. The molecule has 2 atom stereocenters. The van der Waals surface area contributed by atoms with Gasteiger partial charge in [0, 0.05) is 5.92 Å². The Balaban J connectivity index is 3.80. The standard InChI is InChI=1S/C8H14O2/c1-4-5-8(10)6(2)7(3)9/h4,6,8,10H,1,5H2,2-3H3/t6-,8-/m1/s1. The minimum atomic E-state index is -0.560. The topological polar surface area (TPSA) is 37.3 Å². The summed E-state index contributed by atoms with van der Waals surface area (Å²) < 4.78 is 0. The summed E-state index contributed by atoms with van der Waals surface area (Å²) in [5.74, 6) is -0.243. The van der Waals surface area contributed by atoms with E-state index in [1.54, 1.807) is 13.0 Å². The lowest BCUT2D eigenvalue weighted by atomic mass is 9.98. The van der Waals surface area contributed by atoms with E-state index in [1.165, 1.54) is 6.92 Å². The van der Waals surface area contributed by atoms with Crippen LogP contribution in [0.3, 0.4) is 0 Å². The zero-order valence-corrected chi connectivity index (χ0v) is 6.50. The van der Waals surface area contributed by atoms with Crippen molar-refractivity contribution in [3.05, 3.63) is 12.7 Å².